The molecule has 0 spiro atoms. The number of allylic oxidation sites excluding steroid dienone is 2. The summed E-state index contributed by atoms with van der Waals surface area (Å²) in [5.41, 5.74) is -0.862. The van der Waals surface area contributed by atoms with Crippen LogP contribution in [0, 0.1) is 47.3 Å². The van der Waals surface area contributed by atoms with Crippen molar-refractivity contribution in [3.05, 3.63) is 12.2 Å². The van der Waals surface area contributed by atoms with Gasteiger partial charge in [-0.15, -0.1) is 0 Å². The highest BCUT2D eigenvalue weighted by atomic mass is 16.6. The van der Waals surface area contributed by atoms with Gasteiger partial charge in [0.05, 0.1) is 32.0 Å². The third kappa shape index (κ3) is 29.6. The standard InChI is InChI=1S/C75H133N9O18/c1-30-32-35-48(13)64(88)63(66(90)77-55(31-2)73(97)99-29)84(28)72(96)61(47(11)12)82(26)71(95)58(40-45(7)8)81(25)70(94)57(39-44(5)6)80(24)67(91)50(15)76-65(89)49(14)41-59(86)56(38-43(3)4)79(23)69(93)54(46(9)10)42-60(87)62(52(17)100-36-33-34-37-101-53(18)85)83(27)68(92)51(16)78(22)74(98)102-75(19,20)21/h30,32,43-52,54-58,61-64,88H,31,33-42H2,1-29H3,(H,76,89)(H,77,90)/b32-30+/t48-,49-,50-,51-,52+,54+,55+,56+,57+,58+,61+,62+,63+,64-/m1/s1. The third-order valence-corrected chi connectivity index (χ3v) is 18.6. The number of unbranched alkanes of at least 4 members (excludes halogenated alkanes) is 1. The fraction of sp³-hybridized carbons (Fsp3) is 0.800. The number of hydrogen-bond acceptors (Lipinski definition) is 18. The Kier molecular flexibility index (Phi) is 41.5. The highest BCUT2D eigenvalue weighted by molar-refractivity contribution is 5.99. The van der Waals surface area contributed by atoms with Gasteiger partial charge in [0.2, 0.25) is 47.3 Å². The van der Waals surface area contributed by atoms with E-state index in [1.54, 1.807) is 75.3 Å². The Morgan fingerprint density at radius 3 is 1.45 bits per heavy atom. The van der Waals surface area contributed by atoms with Crippen LogP contribution in [0.5, 0.6) is 0 Å². The molecule has 102 heavy (non-hydrogen) atoms. The summed E-state index contributed by atoms with van der Waals surface area (Å²) >= 11 is 0. The number of ether oxygens (including phenoxy) is 4. The van der Waals surface area contributed by atoms with Crippen molar-refractivity contribution in [2.75, 3.05) is 69.7 Å². The first-order valence-corrected chi connectivity index (χ1v) is 36.3. The van der Waals surface area contributed by atoms with Crippen molar-refractivity contribution in [2.24, 2.45) is 47.3 Å². The first-order valence-electron chi connectivity index (χ1n) is 36.3. The number of aliphatic hydroxyl groups is 1. The summed E-state index contributed by atoms with van der Waals surface area (Å²) in [5.74, 6) is -11.4. The van der Waals surface area contributed by atoms with Crippen LogP contribution >= 0.6 is 0 Å². The number of esters is 2. The largest absolute Gasteiger partial charge is 0.467 e. The molecule has 0 aliphatic heterocycles. The molecule has 0 unspecified atom stereocenters. The highest BCUT2D eigenvalue weighted by Gasteiger charge is 2.46. The number of nitrogens with one attached hydrogen (secondary N) is 2. The first-order chi connectivity index (χ1) is 47.0. The number of methoxy groups -OCH3 is 1. The lowest BCUT2D eigenvalue weighted by Crippen LogP contribution is -2.63. The Labute approximate surface area is 610 Å². The maximum absolute atomic E-state index is 15.1. The van der Waals surface area contributed by atoms with E-state index in [9.17, 15) is 57.8 Å². The molecule has 586 valence electrons. The third-order valence-electron chi connectivity index (χ3n) is 18.6. The number of nitrogens with zero attached hydrogens (tertiary/aromatic N) is 7. The average molecular weight is 1450 g/mol. The van der Waals surface area contributed by atoms with Gasteiger partial charge < -0.3 is 64.1 Å². The molecule has 0 aliphatic rings. The number of rotatable bonds is 44. The summed E-state index contributed by atoms with van der Waals surface area (Å²) in [6.07, 6.45) is 1.66. The quantitative estimate of drug-likeness (QED) is 0.0237. The lowest BCUT2D eigenvalue weighted by molar-refractivity contribution is -0.157. The van der Waals surface area contributed by atoms with Crippen LogP contribution in [-0.4, -0.2) is 258 Å². The Hall–Kier alpha value is -7.03. The molecular weight excluding hydrogens is 1310 g/mol. The molecule has 0 bridgehead atoms. The predicted molar refractivity (Wildman–Crippen MR) is 390 cm³/mol. The van der Waals surface area contributed by atoms with Crippen molar-refractivity contribution >= 4 is 76.9 Å². The minimum absolute atomic E-state index is 0.130. The molecular formula is C75H133N9O18. The van der Waals surface area contributed by atoms with Gasteiger partial charge >= 0.3 is 18.0 Å². The van der Waals surface area contributed by atoms with E-state index >= 15 is 9.59 Å². The van der Waals surface area contributed by atoms with Crippen molar-refractivity contribution in [1.82, 2.24) is 44.9 Å². The number of carbonyl (C=O) groups excluding carboxylic acids is 13. The minimum atomic E-state index is -1.52. The summed E-state index contributed by atoms with van der Waals surface area (Å²) in [6, 6.07) is -10.8. The van der Waals surface area contributed by atoms with Crippen LogP contribution in [-0.2, 0) is 76.5 Å². The van der Waals surface area contributed by atoms with Crippen LogP contribution < -0.4 is 10.6 Å². The molecule has 27 heteroatoms. The summed E-state index contributed by atoms with van der Waals surface area (Å²) in [6.45, 7) is 36.2. The Morgan fingerprint density at radius 1 is 0.520 bits per heavy atom. The molecule has 0 saturated heterocycles. The lowest BCUT2D eigenvalue weighted by atomic mass is 9.85. The highest BCUT2D eigenvalue weighted by Crippen LogP contribution is 2.29. The molecule has 9 amide bonds. The van der Waals surface area contributed by atoms with Crippen molar-refractivity contribution < 1.29 is 86.4 Å². The molecule has 0 saturated carbocycles. The van der Waals surface area contributed by atoms with E-state index in [-0.39, 0.29) is 69.5 Å². The summed E-state index contributed by atoms with van der Waals surface area (Å²) in [4.78, 5) is 192. The van der Waals surface area contributed by atoms with Gasteiger partial charge in [0.25, 0.3) is 0 Å². The topological polar surface area (TPSA) is 326 Å². The number of ketones is 2. The molecule has 3 N–H and O–H groups in total. The summed E-state index contributed by atoms with van der Waals surface area (Å²) in [7, 11) is 11.2. The molecule has 14 atom stereocenters. The molecule has 0 aliphatic carbocycles. The van der Waals surface area contributed by atoms with Crippen LogP contribution in [0.15, 0.2) is 12.2 Å². The maximum Gasteiger partial charge on any atom is 0.410 e. The minimum Gasteiger partial charge on any atom is -0.467 e. The summed E-state index contributed by atoms with van der Waals surface area (Å²) < 4.78 is 21.6. The maximum atomic E-state index is 15.1. The van der Waals surface area contributed by atoms with Crippen LogP contribution in [0.4, 0.5) is 4.79 Å². The van der Waals surface area contributed by atoms with Crippen molar-refractivity contribution in [3.63, 3.8) is 0 Å². The van der Waals surface area contributed by atoms with Gasteiger partial charge in [-0.25, -0.2) is 9.59 Å². The smallest absolute Gasteiger partial charge is 0.410 e. The lowest BCUT2D eigenvalue weighted by Gasteiger charge is -2.41. The zero-order valence-electron chi connectivity index (χ0n) is 67.4. The van der Waals surface area contributed by atoms with Crippen LogP contribution in [0.2, 0.25) is 0 Å². The van der Waals surface area contributed by atoms with Crippen molar-refractivity contribution in [2.45, 2.75) is 275 Å². The average Bonchev–Trinajstić information content (AvgIpc) is 0.803. The van der Waals surface area contributed by atoms with E-state index in [0.717, 1.165) is 9.80 Å². The number of aliphatic hydroxyl groups excluding tert-OH is 1. The van der Waals surface area contributed by atoms with Crippen LogP contribution in [0.3, 0.4) is 0 Å². The molecule has 0 fully saturated rings. The molecule has 0 aromatic carbocycles. The van der Waals surface area contributed by atoms with E-state index in [0.29, 0.717) is 19.3 Å². The number of amides is 9. The number of likely N-dealkylation sites (N-methyl/N-ethyl adjacent to an activating group) is 7. The molecule has 0 rings (SSSR count). The van der Waals surface area contributed by atoms with Gasteiger partial charge in [-0.05, 0) is 129 Å². The number of carbonyl (C=O) groups is 13. The van der Waals surface area contributed by atoms with E-state index in [1.807, 2.05) is 54.5 Å². The van der Waals surface area contributed by atoms with E-state index < -0.39 is 179 Å². The van der Waals surface area contributed by atoms with Gasteiger partial charge in [-0.2, -0.15) is 0 Å². The zero-order valence-corrected chi connectivity index (χ0v) is 67.4. The fourth-order valence-corrected chi connectivity index (χ4v) is 12.2. The molecule has 27 nitrogen and oxygen atoms in total. The van der Waals surface area contributed by atoms with Gasteiger partial charge in [0, 0.05) is 87.5 Å². The van der Waals surface area contributed by atoms with Gasteiger partial charge in [0.1, 0.15) is 53.9 Å². The predicted octanol–water partition coefficient (Wildman–Crippen LogP) is 7.11. The van der Waals surface area contributed by atoms with Gasteiger partial charge in [-0.3, -0.25) is 57.6 Å². The van der Waals surface area contributed by atoms with E-state index in [1.165, 1.54) is 109 Å². The van der Waals surface area contributed by atoms with E-state index in [2.05, 4.69) is 10.6 Å². The zero-order chi connectivity index (χ0) is 79.5. The van der Waals surface area contributed by atoms with Gasteiger partial charge in [0.15, 0.2) is 11.6 Å². The van der Waals surface area contributed by atoms with E-state index in [4.69, 9.17) is 18.9 Å². The molecule has 0 aromatic rings. The van der Waals surface area contributed by atoms with Crippen molar-refractivity contribution in [3.8, 4) is 0 Å². The monoisotopic (exact) mass is 1450 g/mol. The Bertz CT molecular complexity index is 2800. The fourth-order valence-electron chi connectivity index (χ4n) is 12.2. The molecule has 0 aromatic heterocycles. The second-order valence-electron chi connectivity index (χ2n) is 30.7. The van der Waals surface area contributed by atoms with Crippen molar-refractivity contribution in [1.29, 1.82) is 0 Å². The first kappa shape index (κ1) is 95.0. The molecule has 0 heterocycles. The number of Topliss-reactive ketones (excluding diaryl/α,β-unsaturated/α-hetero) is 2. The summed E-state index contributed by atoms with van der Waals surface area (Å²) in [5, 5.41) is 17.2. The SMILES string of the molecule is C/C=C/C[C@@H](C)[C@@H](O)[C@@H](C(=O)N[C@@H](CC)C(=O)OC)N(C)C(=O)[C@H](C(C)C)N(C)C(=O)[C@H](CC(C)C)N(C)C(=O)[C@H](CC(C)C)N(C)C(=O)[C@@H](C)NC(=O)[C@H](C)CC(=O)[C@H](CC(C)C)N(C)C(=O)[C@@H](CC(=O)[C@H]([C@H](C)OCCCCOC(C)=O)N(C)C(=O)[C@@H](C)N(C)C(=O)OC(C)(C)C)C(C)C. The van der Waals surface area contributed by atoms with Gasteiger partial charge in [-0.1, -0.05) is 102 Å². The molecule has 0 radical (unpaired) electrons. The second-order valence-corrected chi connectivity index (χ2v) is 30.7. The number of hydrogen-bond donors (Lipinski definition) is 3. The Morgan fingerprint density at radius 2 is 0.990 bits per heavy atom. The van der Waals surface area contributed by atoms with Crippen LogP contribution in [0.1, 0.15) is 203 Å². The normalized spacial score (nSPS) is 16.0. The Balaban J connectivity index is 7.08. The second kappa shape index (κ2) is 44.6. The van der Waals surface area contributed by atoms with Crippen LogP contribution in [0.25, 0.3) is 0 Å².